The third kappa shape index (κ3) is 3.98. The predicted octanol–water partition coefficient (Wildman–Crippen LogP) is 3.02. The average molecular weight is 204 g/mol. The monoisotopic (exact) mass is 204 g/mol. The third-order valence-electron chi connectivity index (χ3n) is 1.99. The number of phenolic OH excluding ortho intramolecular Hbond substituents is 1. The lowest BCUT2D eigenvalue weighted by atomic mass is 10.1. The molecule has 1 rings (SSSR count). The Bertz CT molecular complexity index is 365. The zero-order valence-electron chi connectivity index (χ0n) is 9.10. The molecule has 0 fully saturated rings. The average Bonchev–Trinajstić information content (AvgIpc) is 2.15. The van der Waals surface area contributed by atoms with Crippen LogP contribution < -0.4 is 0 Å². The van der Waals surface area contributed by atoms with Crippen LogP contribution in [0.1, 0.15) is 25.8 Å². The maximum Gasteiger partial charge on any atom is 0.155 e. The highest BCUT2D eigenvalue weighted by atomic mass is 16.3. The Morgan fingerprint density at radius 3 is 2.67 bits per heavy atom. The Hall–Kier alpha value is -1.57. The van der Waals surface area contributed by atoms with Gasteiger partial charge in [-0.25, -0.2) is 0 Å². The van der Waals surface area contributed by atoms with E-state index in [4.69, 9.17) is 0 Å². The van der Waals surface area contributed by atoms with Gasteiger partial charge in [0, 0.05) is 12.0 Å². The Morgan fingerprint density at radius 2 is 2.07 bits per heavy atom. The summed E-state index contributed by atoms with van der Waals surface area (Å²) in [5.41, 5.74) is 0.676. The summed E-state index contributed by atoms with van der Waals surface area (Å²) in [6.07, 6.45) is 3.72. The minimum atomic E-state index is 0.0910. The van der Waals surface area contributed by atoms with Crippen LogP contribution in [0.3, 0.4) is 0 Å². The zero-order chi connectivity index (χ0) is 11.3. The summed E-state index contributed by atoms with van der Waals surface area (Å²) in [6.45, 7) is 4.01. The summed E-state index contributed by atoms with van der Waals surface area (Å²) in [7, 11) is 0. The second-order valence-corrected chi connectivity index (χ2v) is 3.96. The van der Waals surface area contributed by atoms with Gasteiger partial charge in [0.05, 0.1) is 0 Å². The van der Waals surface area contributed by atoms with Gasteiger partial charge in [-0.05, 0) is 24.1 Å². The number of hydrogen-bond donors (Lipinski definition) is 1. The number of ketones is 1. The molecular weight excluding hydrogens is 188 g/mol. The van der Waals surface area contributed by atoms with Gasteiger partial charge >= 0.3 is 0 Å². The molecule has 0 aliphatic carbocycles. The molecule has 0 heterocycles. The van der Waals surface area contributed by atoms with Crippen LogP contribution in [0.5, 0.6) is 5.75 Å². The van der Waals surface area contributed by atoms with Gasteiger partial charge in [-0.1, -0.05) is 32.0 Å². The molecule has 0 aliphatic heterocycles. The molecule has 0 unspecified atom stereocenters. The second-order valence-electron chi connectivity index (χ2n) is 3.96. The molecule has 1 aromatic rings. The second kappa shape index (κ2) is 5.35. The molecule has 0 saturated carbocycles. The first kappa shape index (κ1) is 11.5. The van der Waals surface area contributed by atoms with Crippen LogP contribution in [0, 0.1) is 5.92 Å². The first-order chi connectivity index (χ1) is 7.09. The van der Waals surface area contributed by atoms with Gasteiger partial charge in [0.15, 0.2) is 5.78 Å². The minimum absolute atomic E-state index is 0.0910. The topological polar surface area (TPSA) is 37.3 Å². The van der Waals surface area contributed by atoms with E-state index in [2.05, 4.69) is 0 Å². The van der Waals surface area contributed by atoms with Crippen molar-refractivity contribution in [2.45, 2.75) is 20.3 Å². The van der Waals surface area contributed by atoms with Crippen molar-refractivity contribution in [3.8, 4) is 5.75 Å². The fraction of sp³-hybridized carbons (Fsp3) is 0.308. The van der Waals surface area contributed by atoms with Crippen molar-refractivity contribution in [2.24, 2.45) is 5.92 Å². The summed E-state index contributed by atoms with van der Waals surface area (Å²) >= 11 is 0. The van der Waals surface area contributed by atoms with E-state index < -0.39 is 0 Å². The molecule has 0 spiro atoms. The van der Waals surface area contributed by atoms with Gasteiger partial charge < -0.3 is 5.11 Å². The van der Waals surface area contributed by atoms with Crippen LogP contribution in [0.4, 0.5) is 0 Å². The van der Waals surface area contributed by atoms with E-state index in [0.29, 0.717) is 17.9 Å². The minimum Gasteiger partial charge on any atom is -0.507 e. The summed E-state index contributed by atoms with van der Waals surface area (Å²) in [5, 5.41) is 9.44. The fourth-order valence-corrected chi connectivity index (χ4v) is 1.28. The van der Waals surface area contributed by atoms with Gasteiger partial charge in [0.1, 0.15) is 5.75 Å². The first-order valence-corrected chi connectivity index (χ1v) is 5.08. The van der Waals surface area contributed by atoms with Crippen molar-refractivity contribution in [1.29, 1.82) is 0 Å². The number of carbonyl (C=O) groups excluding carboxylic acids is 1. The lowest BCUT2D eigenvalue weighted by molar-refractivity contribution is -0.115. The van der Waals surface area contributed by atoms with Crippen molar-refractivity contribution in [1.82, 2.24) is 0 Å². The standard InChI is InChI=1S/C13H16O2/c1-10(2)9-12(14)8-7-11-5-3-4-6-13(11)15/h3-8,10,15H,9H2,1-2H3/b8-7+. The predicted molar refractivity (Wildman–Crippen MR) is 61.6 cm³/mol. The van der Waals surface area contributed by atoms with Crippen LogP contribution in [0.2, 0.25) is 0 Å². The van der Waals surface area contributed by atoms with Gasteiger partial charge in [-0.2, -0.15) is 0 Å². The van der Waals surface area contributed by atoms with Crippen LogP contribution in [-0.2, 0) is 4.79 Å². The molecule has 0 bridgehead atoms. The summed E-state index contributed by atoms with van der Waals surface area (Å²) in [4.78, 5) is 11.4. The molecule has 0 amide bonds. The molecule has 0 radical (unpaired) electrons. The van der Waals surface area contributed by atoms with Crippen LogP contribution in [-0.4, -0.2) is 10.9 Å². The Kier molecular flexibility index (Phi) is 4.10. The molecule has 2 nitrogen and oxygen atoms in total. The molecule has 1 aromatic carbocycles. The number of allylic oxidation sites excluding steroid dienone is 1. The van der Waals surface area contributed by atoms with Crippen molar-refractivity contribution in [3.05, 3.63) is 35.9 Å². The van der Waals surface area contributed by atoms with E-state index in [1.54, 1.807) is 24.3 Å². The van der Waals surface area contributed by atoms with Crippen molar-refractivity contribution in [3.63, 3.8) is 0 Å². The van der Waals surface area contributed by atoms with Gasteiger partial charge in [-0.15, -0.1) is 0 Å². The zero-order valence-corrected chi connectivity index (χ0v) is 9.10. The van der Waals surface area contributed by atoms with Crippen molar-refractivity contribution < 1.29 is 9.90 Å². The van der Waals surface area contributed by atoms with E-state index in [-0.39, 0.29) is 11.5 Å². The lowest BCUT2D eigenvalue weighted by Gasteiger charge is -1.99. The maximum absolute atomic E-state index is 11.4. The molecule has 80 valence electrons. The van der Waals surface area contributed by atoms with Crippen LogP contribution in [0.25, 0.3) is 6.08 Å². The molecule has 0 saturated heterocycles. The number of hydrogen-bond acceptors (Lipinski definition) is 2. The highest BCUT2D eigenvalue weighted by Gasteiger charge is 2.01. The summed E-state index contributed by atoms with van der Waals surface area (Å²) in [5.74, 6) is 0.658. The number of aromatic hydroxyl groups is 1. The summed E-state index contributed by atoms with van der Waals surface area (Å²) < 4.78 is 0. The molecule has 2 heteroatoms. The van der Waals surface area contributed by atoms with E-state index in [0.717, 1.165) is 0 Å². The maximum atomic E-state index is 11.4. The molecule has 0 aromatic heterocycles. The van der Waals surface area contributed by atoms with Crippen molar-refractivity contribution >= 4 is 11.9 Å². The molecule has 0 aliphatic rings. The molecule has 1 N–H and O–H groups in total. The SMILES string of the molecule is CC(C)CC(=O)/C=C/c1ccccc1O. The fourth-order valence-electron chi connectivity index (χ4n) is 1.28. The van der Waals surface area contributed by atoms with E-state index >= 15 is 0 Å². The quantitative estimate of drug-likeness (QED) is 0.765. The van der Waals surface area contributed by atoms with Crippen molar-refractivity contribution in [2.75, 3.05) is 0 Å². The molecule has 15 heavy (non-hydrogen) atoms. The van der Waals surface area contributed by atoms with Gasteiger partial charge in [-0.3, -0.25) is 4.79 Å². The first-order valence-electron chi connectivity index (χ1n) is 5.08. The Balaban J connectivity index is 2.66. The number of benzene rings is 1. The lowest BCUT2D eigenvalue weighted by Crippen LogP contribution is -1.98. The molecular formula is C13H16O2. The number of phenols is 1. The normalized spacial score (nSPS) is 11.1. The smallest absolute Gasteiger partial charge is 0.155 e. The van der Waals surface area contributed by atoms with Gasteiger partial charge in [0.2, 0.25) is 0 Å². The largest absolute Gasteiger partial charge is 0.507 e. The van der Waals surface area contributed by atoms with Crippen LogP contribution in [0.15, 0.2) is 30.3 Å². The Morgan fingerprint density at radius 1 is 1.40 bits per heavy atom. The van der Waals surface area contributed by atoms with E-state index in [9.17, 15) is 9.90 Å². The summed E-state index contributed by atoms with van der Waals surface area (Å²) in [6, 6.07) is 6.95. The number of carbonyl (C=O) groups is 1. The van der Waals surface area contributed by atoms with E-state index in [1.165, 1.54) is 6.08 Å². The highest BCUT2D eigenvalue weighted by Crippen LogP contribution is 2.17. The Labute approximate surface area is 90.3 Å². The van der Waals surface area contributed by atoms with Crippen LogP contribution >= 0.6 is 0 Å². The number of rotatable bonds is 4. The van der Waals surface area contributed by atoms with E-state index in [1.807, 2.05) is 19.9 Å². The van der Waals surface area contributed by atoms with Gasteiger partial charge in [0.25, 0.3) is 0 Å². The number of para-hydroxylation sites is 1. The highest BCUT2D eigenvalue weighted by molar-refractivity contribution is 5.93. The molecule has 0 atom stereocenters. The third-order valence-corrected chi connectivity index (χ3v) is 1.99.